The molecule has 0 amide bonds. The van der Waals surface area contributed by atoms with Crippen LogP contribution in [0, 0.1) is 6.92 Å². The molecule has 0 aliphatic carbocycles. The highest BCUT2D eigenvalue weighted by Crippen LogP contribution is 2.12. The SMILES string of the molecule is Cc1ccc(CN2CCC(N)CC2)cc1. The minimum atomic E-state index is 0.430. The average molecular weight is 204 g/mol. The zero-order valence-electron chi connectivity index (χ0n) is 9.45. The van der Waals surface area contributed by atoms with Crippen LogP contribution >= 0.6 is 0 Å². The van der Waals surface area contributed by atoms with Crippen molar-refractivity contribution < 1.29 is 0 Å². The van der Waals surface area contributed by atoms with Crippen molar-refractivity contribution >= 4 is 0 Å². The fourth-order valence-electron chi connectivity index (χ4n) is 2.06. The summed E-state index contributed by atoms with van der Waals surface area (Å²) in [5, 5.41) is 0. The summed E-state index contributed by atoms with van der Waals surface area (Å²) in [6.07, 6.45) is 2.29. The maximum absolute atomic E-state index is 5.88. The molecule has 1 aliphatic heterocycles. The van der Waals surface area contributed by atoms with Gasteiger partial charge in [-0.05, 0) is 38.4 Å². The molecule has 2 nitrogen and oxygen atoms in total. The van der Waals surface area contributed by atoms with Gasteiger partial charge in [-0.2, -0.15) is 0 Å². The van der Waals surface area contributed by atoms with E-state index in [0.717, 1.165) is 32.5 Å². The lowest BCUT2D eigenvalue weighted by Gasteiger charge is -2.30. The van der Waals surface area contributed by atoms with Crippen molar-refractivity contribution in [2.75, 3.05) is 13.1 Å². The Kier molecular flexibility index (Phi) is 3.39. The topological polar surface area (TPSA) is 29.3 Å². The van der Waals surface area contributed by atoms with Crippen molar-refractivity contribution in [2.45, 2.75) is 32.4 Å². The van der Waals surface area contributed by atoms with Gasteiger partial charge in [0.1, 0.15) is 0 Å². The van der Waals surface area contributed by atoms with E-state index in [1.807, 2.05) is 0 Å². The van der Waals surface area contributed by atoms with Crippen LogP contribution in [0.3, 0.4) is 0 Å². The van der Waals surface area contributed by atoms with E-state index in [-0.39, 0.29) is 0 Å². The van der Waals surface area contributed by atoms with E-state index < -0.39 is 0 Å². The van der Waals surface area contributed by atoms with Gasteiger partial charge in [-0.3, -0.25) is 4.90 Å². The lowest BCUT2D eigenvalue weighted by atomic mass is 10.1. The Labute approximate surface area is 92.1 Å². The number of aryl methyl sites for hydroxylation is 1. The van der Waals surface area contributed by atoms with Crippen LogP contribution in [0.4, 0.5) is 0 Å². The van der Waals surface area contributed by atoms with Crippen molar-refractivity contribution in [1.82, 2.24) is 4.90 Å². The summed E-state index contributed by atoms with van der Waals surface area (Å²) in [5.74, 6) is 0. The molecule has 0 atom stereocenters. The number of piperidine rings is 1. The maximum Gasteiger partial charge on any atom is 0.0233 e. The predicted octanol–water partition coefficient (Wildman–Crippen LogP) is 1.92. The third kappa shape index (κ3) is 3.05. The molecule has 0 radical (unpaired) electrons. The Balaban J connectivity index is 1.89. The lowest BCUT2D eigenvalue weighted by molar-refractivity contribution is 0.205. The molecule has 1 fully saturated rings. The Morgan fingerprint density at radius 3 is 2.40 bits per heavy atom. The highest BCUT2D eigenvalue weighted by atomic mass is 15.1. The normalized spacial score (nSPS) is 19.3. The number of benzene rings is 1. The van der Waals surface area contributed by atoms with E-state index >= 15 is 0 Å². The Hall–Kier alpha value is -0.860. The molecule has 0 saturated carbocycles. The highest BCUT2D eigenvalue weighted by Gasteiger charge is 2.15. The monoisotopic (exact) mass is 204 g/mol. The summed E-state index contributed by atoms with van der Waals surface area (Å²) in [4.78, 5) is 2.49. The van der Waals surface area contributed by atoms with Crippen molar-refractivity contribution in [3.63, 3.8) is 0 Å². The third-order valence-corrected chi connectivity index (χ3v) is 3.16. The van der Waals surface area contributed by atoms with Crippen LogP contribution in [0.5, 0.6) is 0 Å². The summed E-state index contributed by atoms with van der Waals surface area (Å²) in [6.45, 7) is 5.50. The summed E-state index contributed by atoms with van der Waals surface area (Å²) < 4.78 is 0. The molecule has 1 aliphatic rings. The van der Waals surface area contributed by atoms with Crippen molar-refractivity contribution in [3.05, 3.63) is 35.4 Å². The van der Waals surface area contributed by atoms with Gasteiger partial charge in [-0.1, -0.05) is 29.8 Å². The zero-order chi connectivity index (χ0) is 10.7. The van der Waals surface area contributed by atoms with Gasteiger partial charge in [0.15, 0.2) is 0 Å². The van der Waals surface area contributed by atoms with E-state index in [0.29, 0.717) is 6.04 Å². The average Bonchev–Trinajstić information content (AvgIpc) is 2.25. The first-order chi connectivity index (χ1) is 7.24. The largest absolute Gasteiger partial charge is 0.328 e. The van der Waals surface area contributed by atoms with E-state index in [9.17, 15) is 0 Å². The summed E-state index contributed by atoms with van der Waals surface area (Å²) in [6, 6.07) is 9.25. The Bertz CT molecular complexity index is 297. The Morgan fingerprint density at radius 1 is 1.20 bits per heavy atom. The Morgan fingerprint density at radius 2 is 1.80 bits per heavy atom. The fraction of sp³-hybridized carbons (Fsp3) is 0.538. The fourth-order valence-corrected chi connectivity index (χ4v) is 2.06. The molecule has 15 heavy (non-hydrogen) atoms. The molecular weight excluding hydrogens is 184 g/mol. The molecule has 1 aromatic rings. The van der Waals surface area contributed by atoms with Gasteiger partial charge < -0.3 is 5.73 Å². The van der Waals surface area contributed by atoms with Crippen LogP contribution in [0.15, 0.2) is 24.3 Å². The van der Waals surface area contributed by atoms with Gasteiger partial charge in [-0.15, -0.1) is 0 Å². The van der Waals surface area contributed by atoms with E-state index in [2.05, 4.69) is 36.1 Å². The van der Waals surface area contributed by atoms with Crippen molar-refractivity contribution in [1.29, 1.82) is 0 Å². The first-order valence-electron chi connectivity index (χ1n) is 5.77. The van der Waals surface area contributed by atoms with Crippen molar-refractivity contribution in [3.8, 4) is 0 Å². The van der Waals surface area contributed by atoms with Crippen LogP contribution in [-0.2, 0) is 6.54 Å². The van der Waals surface area contributed by atoms with Crippen LogP contribution in [0.1, 0.15) is 24.0 Å². The number of nitrogens with zero attached hydrogens (tertiary/aromatic N) is 1. The second kappa shape index (κ2) is 4.77. The molecule has 1 aromatic carbocycles. The lowest BCUT2D eigenvalue weighted by Crippen LogP contribution is -2.39. The van der Waals surface area contributed by atoms with Gasteiger partial charge >= 0.3 is 0 Å². The molecule has 2 rings (SSSR count). The standard InChI is InChI=1S/C13H20N2/c1-11-2-4-12(5-3-11)10-15-8-6-13(14)7-9-15/h2-5,13H,6-10,14H2,1H3. The molecule has 2 N–H and O–H groups in total. The first-order valence-corrected chi connectivity index (χ1v) is 5.77. The zero-order valence-corrected chi connectivity index (χ0v) is 9.45. The summed E-state index contributed by atoms with van der Waals surface area (Å²) >= 11 is 0. The van der Waals surface area contributed by atoms with E-state index in [1.54, 1.807) is 0 Å². The number of nitrogens with two attached hydrogens (primary N) is 1. The second-order valence-electron chi connectivity index (χ2n) is 4.60. The number of rotatable bonds is 2. The number of likely N-dealkylation sites (tertiary alicyclic amines) is 1. The second-order valence-corrected chi connectivity index (χ2v) is 4.60. The molecule has 2 heteroatoms. The van der Waals surface area contributed by atoms with Gasteiger partial charge in [0.2, 0.25) is 0 Å². The van der Waals surface area contributed by atoms with Gasteiger partial charge in [0.05, 0.1) is 0 Å². The predicted molar refractivity (Wildman–Crippen MR) is 63.7 cm³/mol. The van der Waals surface area contributed by atoms with Crippen LogP contribution in [0.2, 0.25) is 0 Å². The van der Waals surface area contributed by atoms with Gasteiger partial charge in [0.25, 0.3) is 0 Å². The molecule has 0 unspecified atom stereocenters. The van der Waals surface area contributed by atoms with Gasteiger partial charge in [-0.25, -0.2) is 0 Å². The van der Waals surface area contributed by atoms with E-state index in [4.69, 9.17) is 5.73 Å². The number of hydrogen-bond acceptors (Lipinski definition) is 2. The minimum absolute atomic E-state index is 0.430. The van der Waals surface area contributed by atoms with Gasteiger partial charge in [0, 0.05) is 12.6 Å². The molecule has 0 aromatic heterocycles. The summed E-state index contributed by atoms with van der Waals surface area (Å²) in [7, 11) is 0. The molecule has 1 saturated heterocycles. The first kappa shape index (κ1) is 10.7. The van der Waals surface area contributed by atoms with Crippen molar-refractivity contribution in [2.24, 2.45) is 5.73 Å². The maximum atomic E-state index is 5.88. The summed E-state index contributed by atoms with van der Waals surface area (Å²) in [5.41, 5.74) is 8.63. The quantitative estimate of drug-likeness (QED) is 0.797. The smallest absolute Gasteiger partial charge is 0.0233 e. The molecular formula is C13H20N2. The minimum Gasteiger partial charge on any atom is -0.328 e. The van der Waals surface area contributed by atoms with Crippen LogP contribution in [-0.4, -0.2) is 24.0 Å². The highest BCUT2D eigenvalue weighted by molar-refractivity contribution is 5.21. The molecule has 82 valence electrons. The molecule has 0 bridgehead atoms. The van der Waals surface area contributed by atoms with Crippen LogP contribution in [0.25, 0.3) is 0 Å². The third-order valence-electron chi connectivity index (χ3n) is 3.16. The molecule has 1 heterocycles. The molecule has 0 spiro atoms. The van der Waals surface area contributed by atoms with E-state index in [1.165, 1.54) is 11.1 Å². The van der Waals surface area contributed by atoms with Crippen LogP contribution < -0.4 is 5.73 Å². The number of hydrogen-bond donors (Lipinski definition) is 1.